The average molecular weight is 463 g/mol. The van der Waals surface area contributed by atoms with Gasteiger partial charge in [-0.25, -0.2) is 4.79 Å². The third-order valence-electron chi connectivity index (χ3n) is 5.94. The first kappa shape index (κ1) is 23.1. The average Bonchev–Trinajstić information content (AvgIpc) is 2.77. The zero-order chi connectivity index (χ0) is 23.6. The molecule has 0 aliphatic carbocycles. The van der Waals surface area contributed by atoms with E-state index in [2.05, 4.69) is 10.6 Å². The van der Waals surface area contributed by atoms with Gasteiger partial charge >= 0.3 is 12.2 Å². The molecule has 2 heterocycles. The minimum Gasteiger partial charge on any atom is -0.380 e. The van der Waals surface area contributed by atoms with Crippen LogP contribution in [0.1, 0.15) is 34.3 Å². The van der Waals surface area contributed by atoms with Crippen molar-refractivity contribution in [3.63, 3.8) is 0 Å². The second-order valence-electron chi connectivity index (χ2n) is 8.34. The number of piperidine rings is 1. The van der Waals surface area contributed by atoms with E-state index in [9.17, 15) is 27.9 Å². The highest BCUT2D eigenvalue weighted by Gasteiger charge is 2.38. The Morgan fingerprint density at radius 1 is 1.00 bits per heavy atom. The van der Waals surface area contributed by atoms with Crippen LogP contribution < -0.4 is 10.6 Å². The number of carbonyl (C=O) groups is 2. The van der Waals surface area contributed by atoms with E-state index in [1.807, 2.05) is 0 Å². The SMILES string of the molecule is O=C(Nc1ccc(C(F)(F)F)cc1)NC1CCN(C(=O)c2ccc(C3(O)COC3)cc2)CC1. The minimum atomic E-state index is -4.43. The van der Waals surface area contributed by atoms with Crippen molar-refractivity contribution in [2.75, 3.05) is 31.6 Å². The van der Waals surface area contributed by atoms with E-state index in [1.54, 1.807) is 29.2 Å². The molecule has 0 bridgehead atoms. The maximum absolute atomic E-state index is 12.8. The van der Waals surface area contributed by atoms with Crippen molar-refractivity contribution in [1.29, 1.82) is 0 Å². The molecule has 3 amide bonds. The summed E-state index contributed by atoms with van der Waals surface area (Å²) in [4.78, 5) is 26.7. The van der Waals surface area contributed by atoms with Crippen LogP contribution in [0.4, 0.5) is 23.7 Å². The second-order valence-corrected chi connectivity index (χ2v) is 8.34. The number of hydrogen-bond donors (Lipinski definition) is 3. The number of nitrogens with zero attached hydrogens (tertiary/aromatic N) is 1. The number of halogens is 3. The zero-order valence-electron chi connectivity index (χ0n) is 17.7. The summed E-state index contributed by atoms with van der Waals surface area (Å²) >= 11 is 0. The smallest absolute Gasteiger partial charge is 0.380 e. The Morgan fingerprint density at radius 3 is 2.12 bits per heavy atom. The number of ether oxygens (including phenoxy) is 1. The van der Waals surface area contributed by atoms with Gasteiger partial charge in [-0.05, 0) is 54.8 Å². The standard InChI is InChI=1S/C23H24F3N3O4/c24-23(25,26)17-5-7-18(8-6-17)27-21(31)28-19-9-11-29(12-10-19)20(30)15-1-3-16(4-2-15)22(32)13-33-14-22/h1-8,19,32H,9-14H2,(H2,27,28,31). The zero-order valence-corrected chi connectivity index (χ0v) is 17.7. The summed E-state index contributed by atoms with van der Waals surface area (Å²) in [5.41, 5.74) is -0.268. The number of anilines is 1. The first-order valence-corrected chi connectivity index (χ1v) is 10.6. The van der Waals surface area contributed by atoms with E-state index in [4.69, 9.17) is 4.74 Å². The third-order valence-corrected chi connectivity index (χ3v) is 5.94. The van der Waals surface area contributed by atoms with Crippen LogP contribution in [0, 0.1) is 0 Å². The van der Waals surface area contributed by atoms with Crippen molar-refractivity contribution in [1.82, 2.24) is 10.2 Å². The Hall–Kier alpha value is -3.11. The number of hydrogen-bond acceptors (Lipinski definition) is 4. The summed E-state index contributed by atoms with van der Waals surface area (Å²) in [6.07, 6.45) is -3.32. The summed E-state index contributed by atoms with van der Waals surface area (Å²) in [6.45, 7) is 1.41. The Morgan fingerprint density at radius 2 is 1.61 bits per heavy atom. The molecule has 2 aromatic carbocycles. The molecule has 0 atom stereocenters. The van der Waals surface area contributed by atoms with Crippen LogP contribution in [0.15, 0.2) is 48.5 Å². The number of aliphatic hydroxyl groups is 1. The highest BCUT2D eigenvalue weighted by Crippen LogP contribution is 2.30. The lowest BCUT2D eigenvalue weighted by Gasteiger charge is -2.37. The Labute approximate surface area is 188 Å². The summed E-state index contributed by atoms with van der Waals surface area (Å²) in [7, 11) is 0. The maximum Gasteiger partial charge on any atom is 0.416 e. The molecule has 2 saturated heterocycles. The number of benzene rings is 2. The lowest BCUT2D eigenvalue weighted by molar-refractivity contribution is -0.184. The molecule has 0 unspecified atom stereocenters. The minimum absolute atomic E-state index is 0.119. The van der Waals surface area contributed by atoms with E-state index in [0.717, 1.165) is 12.1 Å². The molecule has 33 heavy (non-hydrogen) atoms. The van der Waals surface area contributed by atoms with Crippen molar-refractivity contribution in [2.45, 2.75) is 30.7 Å². The van der Waals surface area contributed by atoms with Crippen molar-refractivity contribution >= 4 is 17.6 Å². The van der Waals surface area contributed by atoms with Crippen LogP contribution in [0.5, 0.6) is 0 Å². The quantitative estimate of drug-likeness (QED) is 0.649. The van der Waals surface area contributed by atoms with Crippen LogP contribution in [0.2, 0.25) is 0 Å². The molecule has 2 aliphatic heterocycles. The number of rotatable bonds is 4. The van der Waals surface area contributed by atoms with Crippen LogP contribution in [0.3, 0.4) is 0 Å². The molecule has 0 radical (unpaired) electrons. The fraction of sp³-hybridized carbons (Fsp3) is 0.391. The summed E-state index contributed by atoms with van der Waals surface area (Å²) in [6, 6.07) is 10.4. The first-order chi connectivity index (χ1) is 15.6. The van der Waals surface area contributed by atoms with Gasteiger partial charge in [0.05, 0.1) is 18.8 Å². The van der Waals surface area contributed by atoms with Crippen molar-refractivity contribution in [3.05, 3.63) is 65.2 Å². The Kier molecular flexibility index (Phi) is 6.31. The molecule has 10 heteroatoms. The normalized spacial score (nSPS) is 18.4. The van der Waals surface area contributed by atoms with Gasteiger partial charge in [-0.3, -0.25) is 4.79 Å². The number of likely N-dealkylation sites (tertiary alicyclic amines) is 1. The molecule has 0 aromatic heterocycles. The Balaban J connectivity index is 1.24. The summed E-state index contributed by atoms with van der Waals surface area (Å²) in [5.74, 6) is -0.119. The predicted octanol–water partition coefficient (Wildman–Crippen LogP) is 3.35. The van der Waals surface area contributed by atoms with Gasteiger partial charge in [0, 0.05) is 30.4 Å². The van der Waals surface area contributed by atoms with Gasteiger partial charge in [-0.1, -0.05) is 12.1 Å². The van der Waals surface area contributed by atoms with E-state index in [1.165, 1.54) is 12.1 Å². The molecule has 176 valence electrons. The van der Waals surface area contributed by atoms with Gasteiger partial charge in [0.1, 0.15) is 5.60 Å². The molecule has 3 N–H and O–H groups in total. The molecule has 2 fully saturated rings. The van der Waals surface area contributed by atoms with Crippen molar-refractivity contribution in [2.24, 2.45) is 0 Å². The number of nitrogens with one attached hydrogen (secondary N) is 2. The molecule has 0 spiro atoms. The van der Waals surface area contributed by atoms with Crippen molar-refractivity contribution < 1.29 is 32.6 Å². The van der Waals surface area contributed by atoms with E-state index in [-0.39, 0.29) is 30.9 Å². The molecular weight excluding hydrogens is 439 g/mol. The molecule has 2 aromatic rings. The van der Waals surface area contributed by atoms with Crippen LogP contribution >= 0.6 is 0 Å². The van der Waals surface area contributed by atoms with Gasteiger partial charge in [0.2, 0.25) is 0 Å². The second kappa shape index (κ2) is 9.03. The molecule has 2 aliphatic rings. The topological polar surface area (TPSA) is 90.9 Å². The van der Waals surface area contributed by atoms with E-state index >= 15 is 0 Å². The summed E-state index contributed by atoms with van der Waals surface area (Å²) in [5, 5.41) is 15.6. The summed E-state index contributed by atoms with van der Waals surface area (Å²) < 4.78 is 42.9. The van der Waals surface area contributed by atoms with Gasteiger partial charge in [0.25, 0.3) is 5.91 Å². The molecule has 0 saturated carbocycles. The fourth-order valence-corrected chi connectivity index (χ4v) is 3.89. The number of alkyl halides is 3. The molecule has 7 nitrogen and oxygen atoms in total. The predicted molar refractivity (Wildman–Crippen MR) is 114 cm³/mol. The maximum atomic E-state index is 12.8. The number of amides is 3. The lowest BCUT2D eigenvalue weighted by atomic mass is 9.91. The monoisotopic (exact) mass is 463 g/mol. The van der Waals surface area contributed by atoms with E-state index < -0.39 is 23.4 Å². The number of carbonyl (C=O) groups excluding carboxylic acids is 2. The highest BCUT2D eigenvalue weighted by atomic mass is 19.4. The van der Waals surface area contributed by atoms with Crippen LogP contribution in [0.25, 0.3) is 0 Å². The fourth-order valence-electron chi connectivity index (χ4n) is 3.89. The van der Waals surface area contributed by atoms with Gasteiger partial charge in [0.15, 0.2) is 0 Å². The van der Waals surface area contributed by atoms with Crippen LogP contribution in [-0.2, 0) is 16.5 Å². The molecular formula is C23H24F3N3O4. The largest absolute Gasteiger partial charge is 0.416 e. The highest BCUT2D eigenvalue weighted by molar-refractivity contribution is 5.94. The third kappa shape index (κ3) is 5.28. The lowest BCUT2D eigenvalue weighted by Crippen LogP contribution is -2.47. The van der Waals surface area contributed by atoms with Crippen molar-refractivity contribution in [3.8, 4) is 0 Å². The van der Waals surface area contributed by atoms with E-state index in [0.29, 0.717) is 37.1 Å². The molecule has 4 rings (SSSR count). The first-order valence-electron chi connectivity index (χ1n) is 10.6. The van der Waals surface area contributed by atoms with Gasteiger partial charge in [-0.15, -0.1) is 0 Å². The number of urea groups is 1. The van der Waals surface area contributed by atoms with Gasteiger partial charge in [-0.2, -0.15) is 13.2 Å². The Bertz CT molecular complexity index is 997. The van der Waals surface area contributed by atoms with Crippen LogP contribution in [-0.4, -0.2) is 54.3 Å². The van der Waals surface area contributed by atoms with Gasteiger partial charge < -0.3 is 25.4 Å².